The Labute approximate surface area is 244 Å². The molecule has 0 aromatic heterocycles. The van der Waals surface area contributed by atoms with Crippen molar-refractivity contribution in [1.29, 1.82) is 0 Å². The van der Waals surface area contributed by atoms with Crippen molar-refractivity contribution in [3.05, 3.63) is 91.9 Å². The van der Waals surface area contributed by atoms with Gasteiger partial charge in [0.15, 0.2) is 11.5 Å². The summed E-state index contributed by atoms with van der Waals surface area (Å²) in [6, 6.07) is 6.07. The van der Waals surface area contributed by atoms with Gasteiger partial charge in [0.05, 0.1) is 26.9 Å². The predicted octanol–water partition coefficient (Wildman–Crippen LogP) is 7.02. The van der Waals surface area contributed by atoms with Crippen LogP contribution in [0.25, 0.3) is 0 Å². The number of nitro groups is 1. The first-order chi connectivity index (χ1) is 19.6. The molecule has 0 spiro atoms. The Morgan fingerprint density at radius 1 is 0.929 bits per heavy atom. The molecule has 3 rings (SSSR count). The lowest BCUT2D eigenvalue weighted by atomic mass is 9.91. The summed E-state index contributed by atoms with van der Waals surface area (Å²) in [5.74, 6) is -1.97. The summed E-state index contributed by atoms with van der Waals surface area (Å²) in [7, 11) is 3.91. The second kappa shape index (κ2) is 12.9. The third-order valence-electron chi connectivity index (χ3n) is 6.26. The van der Waals surface area contributed by atoms with Crippen LogP contribution in [-0.2, 0) is 17.4 Å². The van der Waals surface area contributed by atoms with E-state index in [0.29, 0.717) is 12.1 Å². The fourth-order valence-corrected chi connectivity index (χ4v) is 4.79. The summed E-state index contributed by atoms with van der Waals surface area (Å²) in [6.45, 7) is 0. The molecule has 0 aliphatic rings. The van der Waals surface area contributed by atoms with Gasteiger partial charge in [0.2, 0.25) is 6.04 Å². The van der Waals surface area contributed by atoms with Crippen molar-refractivity contribution in [3.8, 4) is 17.2 Å². The topological polar surface area (TPSA) is 91.1 Å². The van der Waals surface area contributed by atoms with Crippen LogP contribution in [0.15, 0.2) is 65.1 Å². The zero-order valence-corrected chi connectivity index (χ0v) is 23.7. The van der Waals surface area contributed by atoms with Crippen LogP contribution in [0.1, 0.15) is 22.7 Å². The van der Waals surface area contributed by atoms with Crippen LogP contribution in [-0.4, -0.2) is 44.4 Å². The lowest BCUT2D eigenvalue weighted by Crippen LogP contribution is -2.49. The molecule has 1 amide bonds. The number of nitrogens with zero attached hydrogens (tertiary/aromatic N) is 2. The molecule has 3 aromatic rings. The molecule has 0 aliphatic carbocycles. The summed E-state index contributed by atoms with van der Waals surface area (Å²) in [5, 5.41) is 12.6. The van der Waals surface area contributed by atoms with Crippen molar-refractivity contribution < 1.29 is 50.3 Å². The van der Waals surface area contributed by atoms with E-state index in [0.717, 1.165) is 24.3 Å². The van der Waals surface area contributed by atoms with Gasteiger partial charge in [0.25, 0.3) is 0 Å². The summed E-state index contributed by atoms with van der Waals surface area (Å²) in [4.78, 5) is 24.7. The van der Waals surface area contributed by atoms with Gasteiger partial charge >= 0.3 is 18.3 Å². The van der Waals surface area contributed by atoms with E-state index in [-0.39, 0.29) is 32.2 Å². The van der Waals surface area contributed by atoms with E-state index in [1.54, 1.807) is 0 Å². The molecule has 0 N–H and O–H groups in total. The molecule has 8 nitrogen and oxygen atoms in total. The zero-order chi connectivity index (χ0) is 31.4. The molecule has 0 fully saturated rings. The number of anilines is 1. The Morgan fingerprint density at radius 2 is 1.52 bits per heavy atom. The number of methoxy groups -OCH3 is 3. The molecule has 0 saturated carbocycles. The van der Waals surface area contributed by atoms with Gasteiger partial charge < -0.3 is 14.2 Å². The maximum Gasteiger partial charge on any atom is 0.471 e. The molecule has 3 aromatic carbocycles. The molecular formula is C27H23BrF6N2O6. The fourth-order valence-electron chi connectivity index (χ4n) is 4.31. The van der Waals surface area contributed by atoms with Crippen molar-refractivity contribution in [3.63, 3.8) is 0 Å². The van der Waals surface area contributed by atoms with Gasteiger partial charge in [-0.3, -0.25) is 19.8 Å². The van der Waals surface area contributed by atoms with Crippen LogP contribution in [0.4, 0.5) is 32.0 Å². The van der Waals surface area contributed by atoms with E-state index >= 15 is 0 Å². The minimum Gasteiger partial charge on any atom is -0.497 e. The average molecular weight is 665 g/mol. The van der Waals surface area contributed by atoms with Gasteiger partial charge in [-0.15, -0.1) is 0 Å². The Kier molecular flexibility index (Phi) is 9.97. The maximum atomic E-state index is 14.0. The SMILES string of the molecule is COc1ccc(N(C(=O)C(F)(F)F)[C@H](c2cccc(C(F)(F)F)c2)[C@H](Cc2cc(OC)c(OC)cc2Br)[N+](=O)[O-])cc1. The molecule has 15 heteroatoms. The first-order valence-corrected chi connectivity index (χ1v) is 12.7. The fraction of sp³-hybridized carbons (Fsp3) is 0.296. The Hall–Kier alpha value is -4.01. The van der Waals surface area contributed by atoms with E-state index < -0.39 is 58.5 Å². The number of carbonyl (C=O) groups excluding carboxylic acids is 1. The second-order valence-corrected chi connectivity index (χ2v) is 9.65. The molecule has 0 bridgehead atoms. The van der Waals surface area contributed by atoms with Crippen LogP contribution >= 0.6 is 15.9 Å². The first kappa shape index (κ1) is 32.5. The number of ether oxygens (including phenoxy) is 3. The van der Waals surface area contributed by atoms with Gasteiger partial charge in [-0.1, -0.05) is 28.1 Å². The molecule has 0 radical (unpaired) electrons. The van der Waals surface area contributed by atoms with E-state index in [1.165, 1.54) is 45.6 Å². The van der Waals surface area contributed by atoms with Crippen LogP contribution in [0.2, 0.25) is 0 Å². The van der Waals surface area contributed by atoms with E-state index in [1.807, 2.05) is 0 Å². The van der Waals surface area contributed by atoms with Crippen LogP contribution in [0.5, 0.6) is 17.2 Å². The summed E-state index contributed by atoms with van der Waals surface area (Å²) in [6.07, 6.45) is -11.1. The van der Waals surface area contributed by atoms with Gasteiger partial charge in [-0.2, -0.15) is 26.3 Å². The molecule has 42 heavy (non-hydrogen) atoms. The van der Waals surface area contributed by atoms with Gasteiger partial charge in [0.1, 0.15) is 11.8 Å². The van der Waals surface area contributed by atoms with Crippen molar-refractivity contribution in [2.45, 2.75) is 30.9 Å². The molecule has 0 aliphatic heterocycles. The monoisotopic (exact) mass is 664 g/mol. The number of rotatable bonds is 10. The van der Waals surface area contributed by atoms with Crippen molar-refractivity contribution >= 4 is 27.5 Å². The number of benzene rings is 3. The van der Waals surface area contributed by atoms with Crippen LogP contribution < -0.4 is 19.1 Å². The molecule has 0 unspecified atom stereocenters. The van der Waals surface area contributed by atoms with Gasteiger partial charge in [0, 0.05) is 21.5 Å². The highest BCUT2D eigenvalue weighted by atomic mass is 79.9. The predicted molar refractivity (Wildman–Crippen MR) is 142 cm³/mol. The molecule has 226 valence electrons. The number of alkyl halides is 6. The standard InChI is InChI=1S/C27H23BrF6N2O6/c1-40-19-9-7-18(8-10-19)35(25(37)27(32,33)34)24(15-5-4-6-17(11-15)26(29,30)31)21(36(38)39)12-16-13-22(41-2)23(42-3)14-20(16)28/h4-11,13-14,21,24H,12H2,1-3H3/t21-,24+/m0/s1. The highest BCUT2D eigenvalue weighted by molar-refractivity contribution is 9.10. The third-order valence-corrected chi connectivity index (χ3v) is 7.00. The zero-order valence-electron chi connectivity index (χ0n) is 22.1. The van der Waals surface area contributed by atoms with Gasteiger partial charge in [-0.05, 0) is 59.7 Å². The minimum absolute atomic E-state index is 0.0943. The Morgan fingerprint density at radius 3 is 2.02 bits per heavy atom. The smallest absolute Gasteiger partial charge is 0.471 e. The van der Waals surface area contributed by atoms with E-state index in [9.17, 15) is 41.3 Å². The van der Waals surface area contributed by atoms with E-state index in [2.05, 4.69) is 15.9 Å². The Bertz CT molecular complexity index is 1430. The summed E-state index contributed by atoms with van der Waals surface area (Å²) in [5.41, 5.74) is -2.12. The summed E-state index contributed by atoms with van der Waals surface area (Å²) >= 11 is 3.25. The largest absolute Gasteiger partial charge is 0.497 e. The quantitative estimate of drug-likeness (QED) is 0.131. The van der Waals surface area contributed by atoms with Crippen LogP contribution in [0, 0.1) is 10.1 Å². The second-order valence-electron chi connectivity index (χ2n) is 8.79. The van der Waals surface area contributed by atoms with Crippen molar-refractivity contribution in [2.24, 2.45) is 0 Å². The molecule has 0 saturated heterocycles. The normalized spacial score (nSPS) is 13.2. The average Bonchev–Trinajstić information content (AvgIpc) is 2.94. The highest BCUT2D eigenvalue weighted by Crippen LogP contribution is 2.41. The molecule has 2 atom stereocenters. The molecular weight excluding hydrogens is 642 g/mol. The summed E-state index contributed by atoms with van der Waals surface area (Å²) < 4.78 is 98.7. The van der Waals surface area contributed by atoms with Crippen molar-refractivity contribution in [1.82, 2.24) is 0 Å². The lowest BCUT2D eigenvalue weighted by molar-refractivity contribution is -0.526. The Balaban J connectivity index is 2.34. The molecule has 0 heterocycles. The minimum atomic E-state index is -5.55. The van der Waals surface area contributed by atoms with Crippen molar-refractivity contribution in [2.75, 3.05) is 26.2 Å². The highest BCUT2D eigenvalue weighted by Gasteiger charge is 2.50. The number of carbonyl (C=O) groups is 1. The van der Waals surface area contributed by atoms with E-state index in [4.69, 9.17) is 14.2 Å². The third kappa shape index (κ3) is 7.24. The lowest BCUT2D eigenvalue weighted by Gasteiger charge is -2.34. The maximum absolute atomic E-state index is 14.0. The van der Waals surface area contributed by atoms with Crippen LogP contribution in [0.3, 0.4) is 0 Å². The number of hydrogen-bond acceptors (Lipinski definition) is 6. The number of hydrogen-bond donors (Lipinski definition) is 0. The first-order valence-electron chi connectivity index (χ1n) is 11.9. The van der Waals surface area contributed by atoms with Gasteiger partial charge in [-0.25, -0.2) is 0 Å². The number of amides is 1. The number of halogens is 7.